The Labute approximate surface area is 88.9 Å². The highest BCUT2D eigenvalue weighted by Gasteiger charge is 2.22. The van der Waals surface area contributed by atoms with Gasteiger partial charge in [-0.05, 0) is 32.2 Å². The normalized spacial score (nSPS) is 18.1. The third-order valence-corrected chi connectivity index (χ3v) is 2.79. The van der Waals surface area contributed by atoms with Crippen molar-refractivity contribution in [2.75, 3.05) is 6.54 Å². The van der Waals surface area contributed by atoms with Gasteiger partial charge in [0.25, 0.3) is 0 Å². The summed E-state index contributed by atoms with van der Waals surface area (Å²) in [6.45, 7) is 3.13. The van der Waals surface area contributed by atoms with E-state index in [1.54, 1.807) is 12.4 Å². The van der Waals surface area contributed by atoms with Crippen LogP contribution >= 0.6 is 11.6 Å². The molecule has 0 spiro atoms. The standard InChI is InChI=1S/C10H14ClN3/c1-7(14-6-8-2-3-8)9-10(11)13-5-4-12-9/h4-5,7-8,14H,2-3,6H2,1H3. The number of hydrogen-bond donors (Lipinski definition) is 1. The SMILES string of the molecule is CC(NCC1CC1)c1nccnc1Cl. The molecule has 1 unspecified atom stereocenters. The van der Waals surface area contributed by atoms with E-state index in [2.05, 4.69) is 22.2 Å². The fraction of sp³-hybridized carbons (Fsp3) is 0.600. The van der Waals surface area contributed by atoms with E-state index in [0.29, 0.717) is 5.15 Å². The zero-order chi connectivity index (χ0) is 9.97. The minimum Gasteiger partial charge on any atom is -0.308 e. The first kappa shape index (κ1) is 9.87. The van der Waals surface area contributed by atoms with Crippen molar-refractivity contribution in [3.63, 3.8) is 0 Å². The van der Waals surface area contributed by atoms with Gasteiger partial charge in [0, 0.05) is 18.4 Å². The summed E-state index contributed by atoms with van der Waals surface area (Å²) in [7, 11) is 0. The Bertz CT molecular complexity index is 312. The monoisotopic (exact) mass is 211 g/mol. The molecule has 1 aliphatic carbocycles. The van der Waals surface area contributed by atoms with Crippen LogP contribution in [0, 0.1) is 5.92 Å². The summed E-state index contributed by atoms with van der Waals surface area (Å²) in [5.74, 6) is 0.868. The molecule has 0 aliphatic heterocycles. The zero-order valence-corrected chi connectivity index (χ0v) is 8.96. The highest BCUT2D eigenvalue weighted by molar-refractivity contribution is 6.30. The molecule has 0 aromatic carbocycles. The van der Waals surface area contributed by atoms with Gasteiger partial charge in [0.1, 0.15) is 0 Å². The third kappa shape index (κ3) is 2.42. The van der Waals surface area contributed by atoms with E-state index in [-0.39, 0.29) is 6.04 Å². The van der Waals surface area contributed by atoms with E-state index in [0.717, 1.165) is 18.2 Å². The molecule has 0 saturated heterocycles. The van der Waals surface area contributed by atoms with Crippen molar-refractivity contribution in [2.24, 2.45) is 5.92 Å². The number of nitrogens with zero attached hydrogens (tertiary/aromatic N) is 2. The highest BCUT2D eigenvalue weighted by Crippen LogP contribution is 2.28. The number of hydrogen-bond acceptors (Lipinski definition) is 3. The number of nitrogens with one attached hydrogen (secondary N) is 1. The van der Waals surface area contributed by atoms with Gasteiger partial charge in [-0.1, -0.05) is 11.6 Å². The van der Waals surface area contributed by atoms with Gasteiger partial charge in [0.15, 0.2) is 5.15 Å². The van der Waals surface area contributed by atoms with Gasteiger partial charge in [-0.3, -0.25) is 4.98 Å². The molecule has 1 heterocycles. The maximum Gasteiger partial charge on any atom is 0.152 e. The first-order chi connectivity index (χ1) is 6.77. The van der Waals surface area contributed by atoms with Crippen molar-refractivity contribution < 1.29 is 0 Å². The van der Waals surface area contributed by atoms with Crippen LogP contribution in [0.15, 0.2) is 12.4 Å². The summed E-state index contributed by atoms with van der Waals surface area (Å²) in [5.41, 5.74) is 0.842. The predicted molar refractivity (Wildman–Crippen MR) is 56.2 cm³/mol. The molecular formula is C10H14ClN3. The van der Waals surface area contributed by atoms with Gasteiger partial charge in [0.05, 0.1) is 5.69 Å². The molecule has 1 atom stereocenters. The molecule has 0 amide bonds. The van der Waals surface area contributed by atoms with Gasteiger partial charge in [0.2, 0.25) is 0 Å². The molecule has 0 bridgehead atoms. The molecule has 76 valence electrons. The van der Waals surface area contributed by atoms with E-state index in [1.165, 1.54) is 12.8 Å². The van der Waals surface area contributed by atoms with Crippen molar-refractivity contribution in [3.05, 3.63) is 23.2 Å². The summed E-state index contributed by atoms with van der Waals surface area (Å²) in [4.78, 5) is 8.23. The van der Waals surface area contributed by atoms with E-state index < -0.39 is 0 Å². The Morgan fingerprint density at radius 2 is 2.21 bits per heavy atom. The predicted octanol–water partition coefficient (Wildman–Crippen LogP) is 2.19. The minimum absolute atomic E-state index is 0.191. The molecule has 14 heavy (non-hydrogen) atoms. The van der Waals surface area contributed by atoms with Gasteiger partial charge in [-0.2, -0.15) is 0 Å². The van der Waals surface area contributed by atoms with Crippen LogP contribution in [0.4, 0.5) is 0 Å². The minimum atomic E-state index is 0.191. The summed E-state index contributed by atoms with van der Waals surface area (Å²) in [6.07, 6.45) is 6.00. The van der Waals surface area contributed by atoms with Gasteiger partial charge in [-0.25, -0.2) is 4.98 Å². The lowest BCUT2D eigenvalue weighted by molar-refractivity contribution is 0.537. The molecule has 0 radical (unpaired) electrons. The molecule has 1 aliphatic rings. The Morgan fingerprint density at radius 3 is 2.86 bits per heavy atom. The molecular weight excluding hydrogens is 198 g/mol. The molecule has 1 fully saturated rings. The van der Waals surface area contributed by atoms with Crippen LogP contribution in [-0.4, -0.2) is 16.5 Å². The second-order valence-electron chi connectivity index (χ2n) is 3.81. The number of aromatic nitrogens is 2. The largest absolute Gasteiger partial charge is 0.308 e. The first-order valence-electron chi connectivity index (χ1n) is 4.97. The van der Waals surface area contributed by atoms with Crippen molar-refractivity contribution in [2.45, 2.75) is 25.8 Å². The number of rotatable bonds is 4. The Kier molecular flexibility index (Phi) is 2.99. The Hall–Kier alpha value is -0.670. The third-order valence-electron chi connectivity index (χ3n) is 2.50. The van der Waals surface area contributed by atoms with Crippen LogP contribution in [-0.2, 0) is 0 Å². The fourth-order valence-corrected chi connectivity index (χ4v) is 1.65. The fourth-order valence-electron chi connectivity index (χ4n) is 1.38. The van der Waals surface area contributed by atoms with E-state index in [1.807, 2.05) is 0 Å². The van der Waals surface area contributed by atoms with Crippen LogP contribution in [0.5, 0.6) is 0 Å². The highest BCUT2D eigenvalue weighted by atomic mass is 35.5. The molecule has 4 heteroatoms. The van der Waals surface area contributed by atoms with Gasteiger partial charge < -0.3 is 5.32 Å². The first-order valence-corrected chi connectivity index (χ1v) is 5.35. The van der Waals surface area contributed by atoms with E-state index >= 15 is 0 Å². The summed E-state index contributed by atoms with van der Waals surface area (Å²) in [6, 6.07) is 0.191. The number of halogens is 1. The van der Waals surface area contributed by atoms with Crippen molar-refractivity contribution >= 4 is 11.6 Å². The van der Waals surface area contributed by atoms with Crippen molar-refractivity contribution in [1.82, 2.24) is 15.3 Å². The average molecular weight is 212 g/mol. The second kappa shape index (κ2) is 4.24. The van der Waals surface area contributed by atoms with Crippen LogP contribution in [0.3, 0.4) is 0 Å². The lowest BCUT2D eigenvalue weighted by Crippen LogP contribution is -2.22. The van der Waals surface area contributed by atoms with Gasteiger partial charge >= 0.3 is 0 Å². The van der Waals surface area contributed by atoms with Crippen LogP contribution in [0.25, 0.3) is 0 Å². The summed E-state index contributed by atoms with van der Waals surface area (Å²) in [5, 5.41) is 3.92. The smallest absolute Gasteiger partial charge is 0.152 e. The van der Waals surface area contributed by atoms with Crippen LogP contribution in [0.2, 0.25) is 5.15 Å². The van der Waals surface area contributed by atoms with Crippen molar-refractivity contribution in [3.8, 4) is 0 Å². The molecule has 1 aromatic rings. The van der Waals surface area contributed by atoms with Crippen LogP contribution in [0.1, 0.15) is 31.5 Å². The molecule has 1 aromatic heterocycles. The van der Waals surface area contributed by atoms with Gasteiger partial charge in [-0.15, -0.1) is 0 Å². The topological polar surface area (TPSA) is 37.8 Å². The Morgan fingerprint density at radius 1 is 1.50 bits per heavy atom. The van der Waals surface area contributed by atoms with E-state index in [9.17, 15) is 0 Å². The molecule has 1 saturated carbocycles. The maximum atomic E-state index is 5.94. The molecule has 3 nitrogen and oxygen atoms in total. The second-order valence-corrected chi connectivity index (χ2v) is 4.16. The Balaban J connectivity index is 1.95. The van der Waals surface area contributed by atoms with Crippen molar-refractivity contribution in [1.29, 1.82) is 0 Å². The zero-order valence-electron chi connectivity index (χ0n) is 8.20. The molecule has 2 rings (SSSR count). The van der Waals surface area contributed by atoms with Crippen LogP contribution < -0.4 is 5.32 Å². The molecule has 1 N–H and O–H groups in total. The lowest BCUT2D eigenvalue weighted by Gasteiger charge is -2.13. The average Bonchev–Trinajstić information content (AvgIpc) is 2.98. The maximum absolute atomic E-state index is 5.94. The quantitative estimate of drug-likeness (QED) is 0.830. The summed E-state index contributed by atoms with van der Waals surface area (Å²) >= 11 is 5.94. The lowest BCUT2D eigenvalue weighted by atomic mass is 10.2. The summed E-state index contributed by atoms with van der Waals surface area (Å²) < 4.78 is 0. The van der Waals surface area contributed by atoms with E-state index in [4.69, 9.17) is 11.6 Å².